The van der Waals surface area contributed by atoms with E-state index in [1.165, 1.54) is 45.4 Å². The zero-order chi connectivity index (χ0) is 13.1. The summed E-state index contributed by atoms with van der Waals surface area (Å²) in [5.41, 5.74) is 0. The molecular formula is C15H31N3. The van der Waals surface area contributed by atoms with Crippen LogP contribution in [0.15, 0.2) is 0 Å². The molecule has 2 rings (SSSR count). The molecule has 0 aromatic heterocycles. The van der Waals surface area contributed by atoms with E-state index >= 15 is 0 Å². The van der Waals surface area contributed by atoms with E-state index in [0.717, 1.165) is 18.0 Å². The molecule has 3 heteroatoms. The highest BCUT2D eigenvalue weighted by atomic mass is 15.3. The zero-order valence-corrected chi connectivity index (χ0v) is 12.7. The van der Waals surface area contributed by atoms with Gasteiger partial charge in [0.25, 0.3) is 0 Å². The number of nitrogens with zero attached hydrogens (tertiary/aromatic N) is 2. The molecule has 1 saturated heterocycles. The fourth-order valence-corrected chi connectivity index (χ4v) is 3.50. The number of hydrogen-bond donors (Lipinski definition) is 1. The van der Waals surface area contributed by atoms with Crippen LogP contribution in [0.4, 0.5) is 0 Å². The minimum Gasteiger partial charge on any atom is -0.314 e. The Bertz CT molecular complexity index is 254. The highest BCUT2D eigenvalue weighted by molar-refractivity contribution is 4.93. The van der Waals surface area contributed by atoms with Crippen LogP contribution in [0.3, 0.4) is 0 Å². The Kier molecular flexibility index (Phi) is 5.05. The number of nitrogens with one attached hydrogen (secondary N) is 1. The smallest absolute Gasteiger partial charge is 0.0197 e. The summed E-state index contributed by atoms with van der Waals surface area (Å²) in [6.07, 6.45) is 4.17. The maximum Gasteiger partial charge on any atom is 0.0197 e. The molecule has 1 aliphatic carbocycles. The molecule has 106 valence electrons. The first-order valence-electron chi connectivity index (χ1n) is 7.75. The van der Waals surface area contributed by atoms with E-state index < -0.39 is 0 Å². The van der Waals surface area contributed by atoms with Crippen molar-refractivity contribution in [3.05, 3.63) is 0 Å². The van der Waals surface area contributed by atoms with E-state index in [1.807, 2.05) is 0 Å². The highest BCUT2D eigenvalue weighted by Crippen LogP contribution is 2.33. The van der Waals surface area contributed by atoms with Crippen molar-refractivity contribution in [2.75, 3.05) is 33.2 Å². The molecular weight excluding hydrogens is 222 g/mol. The third kappa shape index (κ3) is 3.46. The number of hydrogen-bond acceptors (Lipinski definition) is 3. The van der Waals surface area contributed by atoms with Crippen LogP contribution in [0, 0.1) is 5.92 Å². The largest absolute Gasteiger partial charge is 0.314 e. The van der Waals surface area contributed by atoms with Crippen LogP contribution in [0.2, 0.25) is 0 Å². The van der Waals surface area contributed by atoms with Crippen molar-refractivity contribution in [2.24, 2.45) is 5.92 Å². The molecule has 3 atom stereocenters. The van der Waals surface area contributed by atoms with Crippen LogP contribution >= 0.6 is 0 Å². The lowest BCUT2D eigenvalue weighted by molar-refractivity contribution is 0.0339. The van der Waals surface area contributed by atoms with Gasteiger partial charge < -0.3 is 10.2 Å². The first-order valence-corrected chi connectivity index (χ1v) is 7.75. The van der Waals surface area contributed by atoms with E-state index in [0.29, 0.717) is 6.04 Å². The quantitative estimate of drug-likeness (QED) is 0.824. The first-order chi connectivity index (χ1) is 8.58. The molecule has 0 radical (unpaired) electrons. The van der Waals surface area contributed by atoms with E-state index in [-0.39, 0.29) is 0 Å². The molecule has 3 unspecified atom stereocenters. The molecule has 0 aromatic rings. The Morgan fingerprint density at radius 3 is 2.61 bits per heavy atom. The van der Waals surface area contributed by atoms with Crippen LogP contribution in [-0.2, 0) is 0 Å². The fourth-order valence-electron chi connectivity index (χ4n) is 3.50. The lowest BCUT2D eigenvalue weighted by Gasteiger charge is -2.47. The summed E-state index contributed by atoms with van der Waals surface area (Å²) in [4.78, 5) is 5.28. The highest BCUT2D eigenvalue weighted by Gasteiger charge is 2.37. The molecule has 1 N–H and O–H groups in total. The number of likely N-dealkylation sites (N-methyl/N-ethyl adjacent to an activating group) is 1. The minimum atomic E-state index is 0.624. The maximum atomic E-state index is 3.62. The summed E-state index contributed by atoms with van der Waals surface area (Å²) < 4.78 is 0. The van der Waals surface area contributed by atoms with Gasteiger partial charge in [-0.1, -0.05) is 13.8 Å². The molecule has 0 amide bonds. The normalized spacial score (nSPS) is 35.5. The predicted molar refractivity (Wildman–Crippen MR) is 77.9 cm³/mol. The van der Waals surface area contributed by atoms with Crippen molar-refractivity contribution in [1.29, 1.82) is 0 Å². The monoisotopic (exact) mass is 253 g/mol. The van der Waals surface area contributed by atoms with Gasteiger partial charge in [0, 0.05) is 24.7 Å². The van der Waals surface area contributed by atoms with Gasteiger partial charge >= 0.3 is 0 Å². The second-order valence-corrected chi connectivity index (χ2v) is 6.67. The fraction of sp³-hybridized carbons (Fsp3) is 1.00. The maximum absolute atomic E-state index is 3.62. The van der Waals surface area contributed by atoms with Gasteiger partial charge in [-0.15, -0.1) is 0 Å². The third-order valence-electron chi connectivity index (χ3n) is 4.69. The second-order valence-electron chi connectivity index (χ2n) is 6.67. The topological polar surface area (TPSA) is 18.5 Å². The molecule has 0 aromatic carbocycles. The summed E-state index contributed by atoms with van der Waals surface area (Å²) >= 11 is 0. The van der Waals surface area contributed by atoms with Crippen molar-refractivity contribution in [3.63, 3.8) is 0 Å². The molecule has 1 aliphatic heterocycles. The van der Waals surface area contributed by atoms with Gasteiger partial charge in [0.2, 0.25) is 0 Å². The summed E-state index contributed by atoms with van der Waals surface area (Å²) in [5, 5.41) is 3.62. The van der Waals surface area contributed by atoms with Crippen molar-refractivity contribution in [3.8, 4) is 0 Å². The SMILES string of the molecule is CC(C)NCC1CCC1N1CCCN(C)CC1C. The van der Waals surface area contributed by atoms with Gasteiger partial charge in [-0.3, -0.25) is 4.90 Å². The summed E-state index contributed by atoms with van der Waals surface area (Å²) in [6, 6.07) is 2.20. The average Bonchev–Trinajstić information content (AvgIpc) is 2.39. The Labute approximate surface area is 113 Å². The van der Waals surface area contributed by atoms with E-state index in [1.54, 1.807) is 0 Å². The van der Waals surface area contributed by atoms with Crippen molar-refractivity contribution < 1.29 is 0 Å². The molecule has 1 heterocycles. The Hall–Kier alpha value is -0.120. The first kappa shape index (κ1) is 14.3. The zero-order valence-electron chi connectivity index (χ0n) is 12.7. The second kappa shape index (κ2) is 6.36. The van der Waals surface area contributed by atoms with Gasteiger partial charge in [0.05, 0.1) is 0 Å². The molecule has 2 aliphatic rings. The lowest BCUT2D eigenvalue weighted by atomic mass is 9.77. The molecule has 18 heavy (non-hydrogen) atoms. The average molecular weight is 253 g/mol. The molecule has 1 saturated carbocycles. The van der Waals surface area contributed by atoms with Crippen molar-refractivity contribution in [2.45, 2.75) is 58.2 Å². The molecule has 2 fully saturated rings. The van der Waals surface area contributed by atoms with Crippen LogP contribution in [0.25, 0.3) is 0 Å². The summed E-state index contributed by atoms with van der Waals surface area (Å²) in [7, 11) is 2.26. The Morgan fingerprint density at radius 1 is 1.22 bits per heavy atom. The van der Waals surface area contributed by atoms with Crippen LogP contribution in [0.5, 0.6) is 0 Å². The molecule has 3 nitrogen and oxygen atoms in total. The van der Waals surface area contributed by atoms with Gasteiger partial charge in [-0.2, -0.15) is 0 Å². The van der Waals surface area contributed by atoms with Crippen LogP contribution in [0.1, 0.15) is 40.0 Å². The van der Waals surface area contributed by atoms with Gasteiger partial charge in [-0.25, -0.2) is 0 Å². The van der Waals surface area contributed by atoms with E-state index in [9.17, 15) is 0 Å². The standard InChI is InChI=1S/C15H31N3/c1-12(2)16-10-14-6-7-15(14)18-9-5-8-17(4)11-13(18)3/h12-16H,5-11H2,1-4H3. The minimum absolute atomic E-state index is 0.624. The van der Waals surface area contributed by atoms with Gasteiger partial charge in [0.1, 0.15) is 0 Å². The van der Waals surface area contributed by atoms with Crippen LogP contribution < -0.4 is 5.32 Å². The van der Waals surface area contributed by atoms with Crippen LogP contribution in [-0.4, -0.2) is 61.2 Å². The third-order valence-corrected chi connectivity index (χ3v) is 4.69. The van der Waals surface area contributed by atoms with Gasteiger partial charge in [0.15, 0.2) is 0 Å². The number of rotatable bonds is 4. The molecule has 0 spiro atoms. The van der Waals surface area contributed by atoms with E-state index in [4.69, 9.17) is 0 Å². The Morgan fingerprint density at radius 2 is 2.00 bits per heavy atom. The summed E-state index contributed by atoms with van der Waals surface area (Å²) in [6.45, 7) is 11.9. The van der Waals surface area contributed by atoms with Crippen molar-refractivity contribution >= 4 is 0 Å². The van der Waals surface area contributed by atoms with Crippen molar-refractivity contribution in [1.82, 2.24) is 15.1 Å². The lowest BCUT2D eigenvalue weighted by Crippen LogP contribution is -2.55. The molecule has 0 bridgehead atoms. The van der Waals surface area contributed by atoms with Gasteiger partial charge in [-0.05, 0) is 58.8 Å². The Balaban J connectivity index is 1.86. The summed E-state index contributed by atoms with van der Waals surface area (Å²) in [5.74, 6) is 0.887. The van der Waals surface area contributed by atoms with E-state index in [2.05, 4.69) is 42.9 Å². The predicted octanol–water partition coefficient (Wildman–Crippen LogP) is 1.79.